The van der Waals surface area contributed by atoms with Gasteiger partial charge < -0.3 is 24.4 Å². The summed E-state index contributed by atoms with van der Waals surface area (Å²) >= 11 is 0. The SMILES string of the molecule is CN(C)C1CCN(c2ccc(Nc3ncc4c5ccncc5n([C@H]5CCOC5)c4n3)nc2)CC1. The van der Waals surface area contributed by atoms with E-state index in [1.165, 1.54) is 12.8 Å². The summed E-state index contributed by atoms with van der Waals surface area (Å²) in [7, 11) is 4.33. The van der Waals surface area contributed by atoms with Gasteiger partial charge >= 0.3 is 0 Å². The van der Waals surface area contributed by atoms with E-state index in [2.05, 4.69) is 54.8 Å². The number of hydrogen-bond acceptors (Lipinski definition) is 8. The summed E-state index contributed by atoms with van der Waals surface area (Å²) in [5.41, 5.74) is 3.13. The zero-order chi connectivity index (χ0) is 23.1. The number of pyridine rings is 2. The zero-order valence-electron chi connectivity index (χ0n) is 19.7. The molecular weight excluding hydrogens is 428 g/mol. The molecule has 0 amide bonds. The Morgan fingerprint density at radius 1 is 1.00 bits per heavy atom. The van der Waals surface area contributed by atoms with E-state index in [-0.39, 0.29) is 6.04 Å². The van der Waals surface area contributed by atoms with E-state index in [0.717, 1.165) is 59.6 Å². The fourth-order valence-corrected chi connectivity index (χ4v) is 5.22. The van der Waals surface area contributed by atoms with Crippen molar-refractivity contribution in [3.05, 3.63) is 43.0 Å². The molecule has 2 fully saturated rings. The molecule has 1 N–H and O–H groups in total. The number of anilines is 3. The first-order valence-corrected chi connectivity index (χ1v) is 12.0. The van der Waals surface area contributed by atoms with Gasteiger partial charge in [-0.3, -0.25) is 4.98 Å². The van der Waals surface area contributed by atoms with Gasteiger partial charge in [0, 0.05) is 48.9 Å². The first-order chi connectivity index (χ1) is 16.7. The van der Waals surface area contributed by atoms with Gasteiger partial charge in [-0.15, -0.1) is 0 Å². The minimum atomic E-state index is 0.251. The highest BCUT2D eigenvalue weighted by atomic mass is 16.5. The highest BCUT2D eigenvalue weighted by Gasteiger charge is 2.24. The average molecular weight is 459 g/mol. The number of rotatable bonds is 5. The molecule has 0 aliphatic carbocycles. The summed E-state index contributed by atoms with van der Waals surface area (Å²) in [4.78, 5) is 23.2. The molecule has 34 heavy (non-hydrogen) atoms. The number of aromatic nitrogens is 5. The Hall–Kier alpha value is -3.30. The topological polar surface area (TPSA) is 84.2 Å². The third-order valence-electron chi connectivity index (χ3n) is 7.17. The molecule has 1 atom stereocenters. The van der Waals surface area contributed by atoms with E-state index in [4.69, 9.17) is 9.72 Å². The van der Waals surface area contributed by atoms with Gasteiger partial charge in [-0.05, 0) is 51.6 Å². The van der Waals surface area contributed by atoms with Gasteiger partial charge in [-0.1, -0.05) is 0 Å². The molecule has 9 nitrogen and oxygen atoms in total. The van der Waals surface area contributed by atoms with Gasteiger partial charge in [0.1, 0.15) is 11.5 Å². The van der Waals surface area contributed by atoms with E-state index in [9.17, 15) is 0 Å². The summed E-state index contributed by atoms with van der Waals surface area (Å²) in [5.74, 6) is 1.27. The minimum absolute atomic E-state index is 0.251. The molecule has 2 aliphatic rings. The predicted molar refractivity (Wildman–Crippen MR) is 134 cm³/mol. The fraction of sp³-hybridized carbons (Fsp3) is 0.440. The number of fused-ring (bicyclic) bond motifs is 3. The Bertz CT molecular complexity index is 1290. The minimum Gasteiger partial charge on any atom is -0.379 e. The molecule has 0 saturated carbocycles. The van der Waals surface area contributed by atoms with Gasteiger partial charge in [0.25, 0.3) is 0 Å². The van der Waals surface area contributed by atoms with E-state index >= 15 is 0 Å². The Balaban J connectivity index is 1.25. The third-order valence-corrected chi connectivity index (χ3v) is 7.17. The molecule has 4 aromatic rings. The van der Waals surface area contributed by atoms with Crippen molar-refractivity contribution in [2.45, 2.75) is 31.3 Å². The molecule has 0 aromatic carbocycles. The largest absolute Gasteiger partial charge is 0.379 e. The van der Waals surface area contributed by atoms with Crippen LogP contribution in [0, 0.1) is 0 Å². The molecule has 0 bridgehead atoms. The summed E-state index contributed by atoms with van der Waals surface area (Å²) in [5, 5.41) is 5.43. The van der Waals surface area contributed by atoms with Crippen LogP contribution in [0.4, 0.5) is 17.5 Å². The second-order valence-corrected chi connectivity index (χ2v) is 9.42. The summed E-state index contributed by atoms with van der Waals surface area (Å²) in [6.45, 7) is 3.57. The van der Waals surface area contributed by atoms with Gasteiger partial charge in [0.05, 0.1) is 36.2 Å². The van der Waals surface area contributed by atoms with Crippen molar-refractivity contribution in [3.8, 4) is 0 Å². The van der Waals surface area contributed by atoms with Crippen molar-refractivity contribution in [1.29, 1.82) is 0 Å². The van der Waals surface area contributed by atoms with Gasteiger partial charge in [0.15, 0.2) is 0 Å². The lowest BCUT2D eigenvalue weighted by Crippen LogP contribution is -2.42. The smallest absolute Gasteiger partial charge is 0.230 e. The van der Waals surface area contributed by atoms with Crippen molar-refractivity contribution in [2.24, 2.45) is 0 Å². The maximum atomic E-state index is 5.67. The Labute approximate surface area is 198 Å². The normalized spacial score (nSPS) is 19.5. The van der Waals surface area contributed by atoms with Crippen LogP contribution in [-0.4, -0.2) is 75.8 Å². The molecule has 6 heterocycles. The summed E-state index contributed by atoms with van der Waals surface area (Å²) in [6, 6.07) is 7.08. The lowest BCUT2D eigenvalue weighted by Gasteiger charge is -2.36. The van der Waals surface area contributed by atoms with Crippen LogP contribution in [0.5, 0.6) is 0 Å². The lowest BCUT2D eigenvalue weighted by atomic mass is 10.0. The van der Waals surface area contributed by atoms with Crippen molar-refractivity contribution in [2.75, 3.05) is 50.6 Å². The van der Waals surface area contributed by atoms with E-state index in [1.54, 1.807) is 0 Å². The van der Waals surface area contributed by atoms with Crippen molar-refractivity contribution < 1.29 is 4.74 Å². The fourth-order valence-electron chi connectivity index (χ4n) is 5.22. The molecule has 2 saturated heterocycles. The van der Waals surface area contributed by atoms with Crippen molar-refractivity contribution >= 4 is 39.4 Å². The molecule has 6 rings (SSSR count). The molecule has 0 radical (unpaired) electrons. The molecular formula is C25H30N8O. The molecule has 0 unspecified atom stereocenters. The maximum absolute atomic E-state index is 5.67. The van der Waals surface area contributed by atoms with Crippen LogP contribution in [0.15, 0.2) is 43.0 Å². The molecule has 2 aliphatic heterocycles. The average Bonchev–Trinajstić information content (AvgIpc) is 3.50. The van der Waals surface area contributed by atoms with E-state index < -0.39 is 0 Å². The van der Waals surface area contributed by atoms with Crippen LogP contribution in [0.2, 0.25) is 0 Å². The van der Waals surface area contributed by atoms with Crippen LogP contribution < -0.4 is 10.2 Å². The van der Waals surface area contributed by atoms with Crippen LogP contribution in [0.3, 0.4) is 0 Å². The number of piperidine rings is 1. The lowest BCUT2D eigenvalue weighted by molar-refractivity contribution is 0.187. The van der Waals surface area contributed by atoms with Gasteiger partial charge in [-0.25, -0.2) is 9.97 Å². The first-order valence-electron chi connectivity index (χ1n) is 12.0. The molecule has 4 aromatic heterocycles. The molecule has 9 heteroatoms. The molecule has 0 spiro atoms. The Morgan fingerprint density at radius 2 is 1.88 bits per heavy atom. The standard InChI is InChI=1S/C25H30N8O/c1-31(2)17-6-10-32(11-7-17)18-3-4-23(27-13-18)29-25-28-14-21-20-5-9-26-15-22(20)33(24(21)30-25)19-8-12-34-16-19/h3-5,9,13-15,17,19H,6-8,10-12,16H2,1-2H3,(H,27,28,29,30)/t19-/m0/s1. The summed E-state index contributed by atoms with van der Waals surface area (Å²) < 4.78 is 7.92. The van der Waals surface area contributed by atoms with Crippen LogP contribution >= 0.6 is 0 Å². The monoisotopic (exact) mass is 458 g/mol. The highest BCUT2D eigenvalue weighted by Crippen LogP contribution is 2.33. The Morgan fingerprint density at radius 3 is 2.62 bits per heavy atom. The first kappa shape index (κ1) is 21.2. The number of nitrogens with zero attached hydrogens (tertiary/aromatic N) is 7. The Kier molecular flexibility index (Phi) is 5.50. The van der Waals surface area contributed by atoms with E-state index in [1.807, 2.05) is 36.9 Å². The van der Waals surface area contributed by atoms with Crippen LogP contribution in [0.25, 0.3) is 21.9 Å². The third kappa shape index (κ3) is 3.84. The van der Waals surface area contributed by atoms with Gasteiger partial charge in [-0.2, -0.15) is 4.98 Å². The molecule has 176 valence electrons. The predicted octanol–water partition coefficient (Wildman–Crippen LogP) is 3.61. The second kappa shape index (κ2) is 8.81. The summed E-state index contributed by atoms with van der Waals surface area (Å²) in [6.07, 6.45) is 10.9. The van der Waals surface area contributed by atoms with E-state index in [0.29, 0.717) is 18.6 Å². The van der Waals surface area contributed by atoms with Crippen molar-refractivity contribution in [1.82, 2.24) is 29.4 Å². The van der Waals surface area contributed by atoms with Gasteiger partial charge in [0.2, 0.25) is 5.95 Å². The van der Waals surface area contributed by atoms with Crippen molar-refractivity contribution in [3.63, 3.8) is 0 Å². The zero-order valence-corrected chi connectivity index (χ0v) is 19.7. The van der Waals surface area contributed by atoms with Crippen LogP contribution in [-0.2, 0) is 4.74 Å². The quantitative estimate of drug-likeness (QED) is 0.486. The number of ether oxygens (including phenoxy) is 1. The second-order valence-electron chi connectivity index (χ2n) is 9.42. The number of nitrogens with one attached hydrogen (secondary N) is 1. The number of hydrogen-bond donors (Lipinski definition) is 1. The van der Waals surface area contributed by atoms with Crippen LogP contribution in [0.1, 0.15) is 25.3 Å². The maximum Gasteiger partial charge on any atom is 0.230 e. The highest BCUT2D eigenvalue weighted by molar-refractivity contribution is 6.06.